The Morgan fingerprint density at radius 2 is 2.33 bits per heavy atom. The monoisotopic (exact) mass is 161 g/mol. The molecule has 2 unspecified atom stereocenters. The minimum atomic E-state index is 0.641. The van der Waals surface area contributed by atoms with Crippen LogP contribution < -0.4 is 0 Å². The van der Waals surface area contributed by atoms with Crippen molar-refractivity contribution in [1.82, 2.24) is 0 Å². The lowest BCUT2D eigenvalue weighted by Crippen LogP contribution is -2.03. The second kappa shape index (κ2) is 2.89. The summed E-state index contributed by atoms with van der Waals surface area (Å²) < 4.78 is 0. The molecule has 64 valence electrons. The SMILES string of the molecule is CC1=C2C=CCC2CC(C)C=N1. The third kappa shape index (κ3) is 1.24. The first kappa shape index (κ1) is 7.78. The van der Waals surface area contributed by atoms with Gasteiger partial charge in [0.25, 0.3) is 0 Å². The van der Waals surface area contributed by atoms with E-state index in [9.17, 15) is 0 Å². The van der Waals surface area contributed by atoms with E-state index in [0.717, 1.165) is 5.92 Å². The van der Waals surface area contributed by atoms with E-state index in [4.69, 9.17) is 0 Å². The highest BCUT2D eigenvalue weighted by molar-refractivity contribution is 5.63. The smallest absolute Gasteiger partial charge is 0.0403 e. The van der Waals surface area contributed by atoms with E-state index >= 15 is 0 Å². The Labute approximate surface area is 73.9 Å². The topological polar surface area (TPSA) is 12.4 Å². The zero-order valence-corrected chi connectivity index (χ0v) is 7.75. The summed E-state index contributed by atoms with van der Waals surface area (Å²) in [7, 11) is 0. The molecule has 0 aromatic heterocycles. The van der Waals surface area contributed by atoms with Crippen molar-refractivity contribution in [2.24, 2.45) is 16.8 Å². The Morgan fingerprint density at radius 3 is 3.17 bits per heavy atom. The minimum Gasteiger partial charge on any atom is -0.265 e. The molecule has 0 amide bonds. The standard InChI is InChI=1S/C11H15N/c1-8-6-10-4-3-5-11(10)9(2)12-7-8/h3,5,7-8,10H,4,6H2,1-2H3. The lowest BCUT2D eigenvalue weighted by Gasteiger charge is -2.12. The minimum absolute atomic E-state index is 0.641. The summed E-state index contributed by atoms with van der Waals surface area (Å²) in [5, 5.41) is 0. The molecular weight excluding hydrogens is 146 g/mol. The van der Waals surface area contributed by atoms with Gasteiger partial charge in [-0.25, -0.2) is 0 Å². The summed E-state index contributed by atoms with van der Waals surface area (Å²) in [6.07, 6.45) is 9.10. The van der Waals surface area contributed by atoms with Gasteiger partial charge in [-0.05, 0) is 37.2 Å². The summed E-state index contributed by atoms with van der Waals surface area (Å²) in [6, 6.07) is 0. The van der Waals surface area contributed by atoms with Crippen LogP contribution in [-0.4, -0.2) is 6.21 Å². The summed E-state index contributed by atoms with van der Waals surface area (Å²) in [4.78, 5) is 4.45. The molecule has 2 aliphatic rings. The summed E-state index contributed by atoms with van der Waals surface area (Å²) in [5.74, 6) is 1.39. The molecule has 0 saturated heterocycles. The number of hydrogen-bond acceptors (Lipinski definition) is 1. The number of fused-ring (bicyclic) bond motifs is 1. The average molecular weight is 161 g/mol. The van der Waals surface area contributed by atoms with Crippen molar-refractivity contribution >= 4 is 6.21 Å². The van der Waals surface area contributed by atoms with Crippen LogP contribution in [0.4, 0.5) is 0 Å². The molecule has 2 rings (SSSR count). The number of nitrogens with zero attached hydrogens (tertiary/aromatic N) is 1. The molecule has 0 saturated carbocycles. The Bertz CT molecular complexity index is 271. The van der Waals surface area contributed by atoms with Gasteiger partial charge in [-0.15, -0.1) is 0 Å². The molecule has 0 radical (unpaired) electrons. The number of aliphatic imine (C=N–C) groups is 1. The number of rotatable bonds is 0. The maximum Gasteiger partial charge on any atom is 0.0403 e. The fraction of sp³-hybridized carbons (Fsp3) is 0.545. The molecule has 1 heterocycles. The van der Waals surface area contributed by atoms with Crippen molar-refractivity contribution in [2.75, 3.05) is 0 Å². The van der Waals surface area contributed by atoms with E-state index < -0.39 is 0 Å². The summed E-state index contributed by atoms with van der Waals surface area (Å²) in [5.41, 5.74) is 2.69. The van der Waals surface area contributed by atoms with Crippen LogP contribution in [0.25, 0.3) is 0 Å². The second-order valence-electron chi connectivity index (χ2n) is 3.87. The molecule has 12 heavy (non-hydrogen) atoms. The van der Waals surface area contributed by atoms with Crippen molar-refractivity contribution in [1.29, 1.82) is 0 Å². The highest BCUT2D eigenvalue weighted by Gasteiger charge is 2.21. The molecule has 1 aliphatic heterocycles. The third-order valence-corrected chi connectivity index (χ3v) is 2.75. The van der Waals surface area contributed by atoms with Crippen molar-refractivity contribution in [3.8, 4) is 0 Å². The van der Waals surface area contributed by atoms with Crippen LogP contribution in [0.3, 0.4) is 0 Å². The number of hydrogen-bond donors (Lipinski definition) is 0. The molecule has 0 bridgehead atoms. The van der Waals surface area contributed by atoms with E-state index in [-0.39, 0.29) is 0 Å². The predicted octanol–water partition coefficient (Wildman–Crippen LogP) is 2.95. The van der Waals surface area contributed by atoms with Crippen molar-refractivity contribution in [2.45, 2.75) is 26.7 Å². The summed E-state index contributed by atoms with van der Waals surface area (Å²) >= 11 is 0. The third-order valence-electron chi connectivity index (χ3n) is 2.75. The van der Waals surface area contributed by atoms with Crippen LogP contribution in [0, 0.1) is 11.8 Å². The fourth-order valence-corrected chi connectivity index (χ4v) is 2.08. The average Bonchev–Trinajstić information content (AvgIpc) is 2.44. The van der Waals surface area contributed by atoms with Crippen molar-refractivity contribution in [3.05, 3.63) is 23.4 Å². The van der Waals surface area contributed by atoms with Gasteiger partial charge in [0.15, 0.2) is 0 Å². The molecule has 1 nitrogen and oxygen atoms in total. The molecule has 0 aromatic rings. The van der Waals surface area contributed by atoms with Crippen LogP contribution in [0.15, 0.2) is 28.4 Å². The molecular formula is C11H15N. The number of allylic oxidation sites excluding steroid dienone is 4. The predicted molar refractivity (Wildman–Crippen MR) is 52.2 cm³/mol. The zero-order valence-electron chi connectivity index (χ0n) is 7.75. The zero-order chi connectivity index (χ0) is 8.55. The molecule has 0 N–H and O–H groups in total. The van der Waals surface area contributed by atoms with E-state index in [1.807, 2.05) is 0 Å². The van der Waals surface area contributed by atoms with E-state index in [1.54, 1.807) is 0 Å². The van der Waals surface area contributed by atoms with Gasteiger partial charge in [0.05, 0.1) is 0 Å². The van der Waals surface area contributed by atoms with Crippen LogP contribution in [0.1, 0.15) is 26.7 Å². The van der Waals surface area contributed by atoms with Crippen LogP contribution in [-0.2, 0) is 0 Å². The van der Waals surface area contributed by atoms with Gasteiger partial charge in [0.2, 0.25) is 0 Å². The van der Waals surface area contributed by atoms with Crippen molar-refractivity contribution in [3.63, 3.8) is 0 Å². The first-order chi connectivity index (χ1) is 5.77. The highest BCUT2D eigenvalue weighted by atomic mass is 14.7. The molecule has 0 fully saturated rings. The second-order valence-corrected chi connectivity index (χ2v) is 3.87. The fourth-order valence-electron chi connectivity index (χ4n) is 2.08. The first-order valence-electron chi connectivity index (χ1n) is 4.69. The van der Waals surface area contributed by atoms with Gasteiger partial charge in [0, 0.05) is 11.9 Å². The largest absolute Gasteiger partial charge is 0.265 e. The van der Waals surface area contributed by atoms with E-state index in [1.165, 1.54) is 24.1 Å². The molecule has 1 heteroatoms. The van der Waals surface area contributed by atoms with Crippen LogP contribution in [0.2, 0.25) is 0 Å². The van der Waals surface area contributed by atoms with E-state index in [0.29, 0.717) is 5.92 Å². The first-order valence-corrected chi connectivity index (χ1v) is 4.69. The summed E-state index contributed by atoms with van der Waals surface area (Å²) in [6.45, 7) is 4.37. The van der Waals surface area contributed by atoms with Crippen molar-refractivity contribution < 1.29 is 0 Å². The van der Waals surface area contributed by atoms with Crippen LogP contribution >= 0.6 is 0 Å². The quantitative estimate of drug-likeness (QED) is 0.518. The van der Waals surface area contributed by atoms with Crippen LogP contribution in [0.5, 0.6) is 0 Å². The van der Waals surface area contributed by atoms with E-state index in [2.05, 4.69) is 37.2 Å². The van der Waals surface area contributed by atoms with Gasteiger partial charge < -0.3 is 0 Å². The molecule has 1 aliphatic carbocycles. The Morgan fingerprint density at radius 1 is 1.50 bits per heavy atom. The highest BCUT2D eigenvalue weighted by Crippen LogP contribution is 2.34. The Balaban J connectivity index is 2.33. The van der Waals surface area contributed by atoms with Gasteiger partial charge >= 0.3 is 0 Å². The van der Waals surface area contributed by atoms with Gasteiger partial charge in [-0.2, -0.15) is 0 Å². The lowest BCUT2D eigenvalue weighted by atomic mass is 9.92. The molecule has 0 spiro atoms. The normalized spacial score (nSPS) is 33.8. The maximum absolute atomic E-state index is 4.45. The van der Waals surface area contributed by atoms with Gasteiger partial charge in [-0.3, -0.25) is 4.99 Å². The van der Waals surface area contributed by atoms with Gasteiger partial charge in [-0.1, -0.05) is 19.1 Å². The lowest BCUT2D eigenvalue weighted by molar-refractivity contribution is 0.538. The maximum atomic E-state index is 4.45. The molecule has 2 atom stereocenters. The van der Waals surface area contributed by atoms with Gasteiger partial charge in [0.1, 0.15) is 0 Å². The Kier molecular flexibility index (Phi) is 1.87. The molecule has 0 aromatic carbocycles. The Hall–Kier alpha value is -0.850.